The van der Waals surface area contributed by atoms with Gasteiger partial charge in [-0.3, -0.25) is 0 Å². The summed E-state index contributed by atoms with van der Waals surface area (Å²) < 4.78 is 11.8. The topological polar surface area (TPSA) is 38.5 Å². The fourth-order valence-corrected chi connectivity index (χ4v) is 3.31. The lowest BCUT2D eigenvalue weighted by molar-refractivity contribution is 0.234. The Balaban J connectivity index is 1.58. The van der Waals surface area contributed by atoms with Gasteiger partial charge < -0.3 is 14.1 Å². The molecule has 0 spiro atoms. The van der Waals surface area contributed by atoms with Gasteiger partial charge in [-0.1, -0.05) is 44.2 Å². The highest BCUT2D eigenvalue weighted by molar-refractivity contribution is 5.76. The van der Waals surface area contributed by atoms with Crippen LogP contribution < -0.4 is 4.74 Å². The number of hydrogen-bond donors (Lipinski definition) is 0. The van der Waals surface area contributed by atoms with Gasteiger partial charge in [-0.25, -0.2) is 4.98 Å². The lowest BCUT2D eigenvalue weighted by atomic mass is 10.2. The van der Waals surface area contributed by atoms with Crippen molar-refractivity contribution in [2.45, 2.75) is 33.1 Å². The lowest BCUT2D eigenvalue weighted by Crippen LogP contribution is -2.27. The third-order valence-corrected chi connectivity index (χ3v) is 4.59. The first-order chi connectivity index (χ1) is 13.8. The van der Waals surface area contributed by atoms with Crippen LogP contribution in [0.1, 0.15) is 44.6 Å². The Morgan fingerprint density at radius 1 is 0.929 bits per heavy atom. The molecule has 3 aromatic rings. The summed E-state index contributed by atoms with van der Waals surface area (Å²) in [7, 11) is 0. The Morgan fingerprint density at radius 3 is 2.46 bits per heavy atom. The monoisotopic (exact) mass is 378 g/mol. The number of nitrogens with zero attached hydrogens (tertiary/aromatic N) is 2. The first-order valence-electron chi connectivity index (χ1n) is 10.3. The number of oxazole rings is 1. The molecule has 0 aliphatic rings. The van der Waals surface area contributed by atoms with Gasteiger partial charge in [-0.05, 0) is 56.6 Å². The smallest absolute Gasteiger partial charge is 0.220 e. The number of hydrogen-bond acceptors (Lipinski definition) is 4. The van der Waals surface area contributed by atoms with E-state index in [2.05, 4.69) is 29.8 Å². The van der Waals surface area contributed by atoms with Crippen LogP contribution in [0.3, 0.4) is 0 Å². The zero-order chi connectivity index (χ0) is 19.6. The Kier molecular flexibility index (Phi) is 7.68. The highest BCUT2D eigenvalue weighted by Crippen LogP contribution is 2.22. The molecule has 0 saturated heterocycles. The van der Waals surface area contributed by atoms with Crippen LogP contribution >= 0.6 is 0 Å². The summed E-state index contributed by atoms with van der Waals surface area (Å²) in [5.74, 6) is 1.50. The maximum absolute atomic E-state index is 6.06. The molecule has 0 radical (unpaired) electrons. The Labute approximate surface area is 167 Å². The predicted octanol–water partition coefficient (Wildman–Crippen LogP) is 5.89. The number of rotatable bonds is 11. The molecule has 0 N–H and O–H groups in total. The summed E-state index contributed by atoms with van der Waals surface area (Å²) in [6.07, 6.45) is 7.32. The largest absolute Gasteiger partial charge is 0.493 e. The highest BCUT2D eigenvalue weighted by atomic mass is 16.5. The van der Waals surface area contributed by atoms with Gasteiger partial charge in [-0.15, -0.1) is 0 Å². The van der Waals surface area contributed by atoms with E-state index in [1.165, 1.54) is 12.8 Å². The summed E-state index contributed by atoms with van der Waals surface area (Å²) in [6, 6.07) is 15.9. The van der Waals surface area contributed by atoms with E-state index in [0.29, 0.717) is 5.89 Å². The van der Waals surface area contributed by atoms with E-state index in [9.17, 15) is 0 Å². The standard InChI is InChI=1S/C24H30N2O2/c1-3-16-26(17-4-2)18-9-19-27-22-12-7-5-10-20(22)14-15-24-25-21-11-6-8-13-23(21)28-24/h5-8,10-15H,3-4,9,16-19H2,1-2H3/b15-14+. The molecule has 4 nitrogen and oxygen atoms in total. The van der Waals surface area contributed by atoms with Crippen LogP contribution in [0.25, 0.3) is 23.3 Å². The van der Waals surface area contributed by atoms with E-state index in [1.807, 2.05) is 54.6 Å². The van der Waals surface area contributed by atoms with Gasteiger partial charge in [0.05, 0.1) is 6.61 Å². The van der Waals surface area contributed by atoms with Crippen LogP contribution in [0.2, 0.25) is 0 Å². The molecule has 3 rings (SSSR count). The summed E-state index contributed by atoms with van der Waals surface area (Å²) >= 11 is 0. The van der Waals surface area contributed by atoms with Crippen LogP contribution in [-0.4, -0.2) is 36.1 Å². The molecular formula is C24H30N2O2. The molecule has 0 fully saturated rings. The SMILES string of the molecule is CCCN(CCC)CCCOc1ccccc1/C=C/c1nc2ccccc2o1. The summed E-state index contributed by atoms with van der Waals surface area (Å²) in [5.41, 5.74) is 2.70. The maximum Gasteiger partial charge on any atom is 0.220 e. The number of fused-ring (bicyclic) bond motifs is 1. The van der Waals surface area contributed by atoms with Crippen molar-refractivity contribution in [2.24, 2.45) is 0 Å². The van der Waals surface area contributed by atoms with Crippen molar-refractivity contribution < 1.29 is 9.15 Å². The molecule has 0 aliphatic carbocycles. The normalized spacial score (nSPS) is 11.7. The van der Waals surface area contributed by atoms with Crippen molar-refractivity contribution in [2.75, 3.05) is 26.2 Å². The molecule has 148 valence electrons. The molecule has 0 atom stereocenters. The van der Waals surface area contributed by atoms with Crippen molar-refractivity contribution in [1.29, 1.82) is 0 Å². The number of aromatic nitrogens is 1. The Bertz CT molecular complexity index is 846. The third-order valence-electron chi connectivity index (χ3n) is 4.59. The van der Waals surface area contributed by atoms with Crippen molar-refractivity contribution in [3.05, 3.63) is 60.0 Å². The van der Waals surface area contributed by atoms with E-state index in [0.717, 1.165) is 55.1 Å². The second kappa shape index (κ2) is 10.7. The van der Waals surface area contributed by atoms with Crippen LogP contribution in [0.4, 0.5) is 0 Å². The molecule has 2 aromatic carbocycles. The second-order valence-electron chi connectivity index (χ2n) is 6.93. The van der Waals surface area contributed by atoms with Gasteiger partial charge >= 0.3 is 0 Å². The molecule has 0 amide bonds. The fraction of sp³-hybridized carbons (Fsp3) is 0.375. The van der Waals surface area contributed by atoms with E-state index in [1.54, 1.807) is 0 Å². The lowest BCUT2D eigenvalue weighted by Gasteiger charge is -2.20. The fourth-order valence-electron chi connectivity index (χ4n) is 3.31. The second-order valence-corrected chi connectivity index (χ2v) is 6.93. The quantitative estimate of drug-likeness (QED) is 0.390. The van der Waals surface area contributed by atoms with Gasteiger partial charge in [-0.2, -0.15) is 0 Å². The van der Waals surface area contributed by atoms with Crippen LogP contribution in [0, 0.1) is 0 Å². The molecule has 0 unspecified atom stereocenters. The van der Waals surface area contributed by atoms with Gasteiger partial charge in [0.25, 0.3) is 0 Å². The predicted molar refractivity (Wildman–Crippen MR) is 117 cm³/mol. The van der Waals surface area contributed by atoms with Crippen molar-refractivity contribution >= 4 is 23.3 Å². The minimum Gasteiger partial charge on any atom is -0.493 e. The zero-order valence-electron chi connectivity index (χ0n) is 16.9. The van der Waals surface area contributed by atoms with Crippen molar-refractivity contribution in [3.63, 3.8) is 0 Å². The molecule has 0 bridgehead atoms. The van der Waals surface area contributed by atoms with E-state index in [-0.39, 0.29) is 0 Å². The summed E-state index contributed by atoms with van der Waals surface area (Å²) in [6.45, 7) is 8.60. The van der Waals surface area contributed by atoms with Crippen molar-refractivity contribution in [3.8, 4) is 5.75 Å². The molecule has 1 aromatic heterocycles. The highest BCUT2D eigenvalue weighted by Gasteiger charge is 2.05. The van der Waals surface area contributed by atoms with E-state index >= 15 is 0 Å². The Hall–Kier alpha value is -2.59. The average Bonchev–Trinajstić information content (AvgIpc) is 3.13. The molecule has 1 heterocycles. The van der Waals surface area contributed by atoms with Crippen LogP contribution in [0.5, 0.6) is 5.75 Å². The molecule has 28 heavy (non-hydrogen) atoms. The summed E-state index contributed by atoms with van der Waals surface area (Å²) in [5, 5.41) is 0. The van der Waals surface area contributed by atoms with Gasteiger partial charge in [0.2, 0.25) is 5.89 Å². The number of para-hydroxylation sites is 3. The van der Waals surface area contributed by atoms with Gasteiger partial charge in [0, 0.05) is 18.2 Å². The average molecular weight is 379 g/mol. The van der Waals surface area contributed by atoms with Crippen LogP contribution in [0.15, 0.2) is 52.9 Å². The molecular weight excluding hydrogens is 348 g/mol. The first-order valence-corrected chi connectivity index (χ1v) is 10.3. The molecule has 0 saturated carbocycles. The number of ether oxygens (including phenoxy) is 1. The minimum absolute atomic E-state index is 0.603. The van der Waals surface area contributed by atoms with E-state index in [4.69, 9.17) is 9.15 Å². The zero-order valence-corrected chi connectivity index (χ0v) is 16.9. The maximum atomic E-state index is 6.06. The van der Waals surface area contributed by atoms with Crippen LogP contribution in [-0.2, 0) is 0 Å². The van der Waals surface area contributed by atoms with Gasteiger partial charge in [0.15, 0.2) is 5.58 Å². The summed E-state index contributed by atoms with van der Waals surface area (Å²) in [4.78, 5) is 7.00. The molecule has 0 aliphatic heterocycles. The third kappa shape index (κ3) is 5.70. The van der Waals surface area contributed by atoms with Gasteiger partial charge in [0.1, 0.15) is 11.3 Å². The minimum atomic E-state index is 0.603. The van der Waals surface area contributed by atoms with E-state index < -0.39 is 0 Å². The van der Waals surface area contributed by atoms with Crippen molar-refractivity contribution in [1.82, 2.24) is 9.88 Å². The Morgan fingerprint density at radius 2 is 1.68 bits per heavy atom. The molecule has 4 heteroatoms. The number of benzene rings is 2. The first kappa shape index (κ1) is 20.2.